The highest BCUT2D eigenvalue weighted by Crippen LogP contribution is 2.20. The first kappa shape index (κ1) is 17.9. The Bertz CT molecular complexity index is 792. The molecule has 0 saturated carbocycles. The van der Waals surface area contributed by atoms with Crippen molar-refractivity contribution < 1.29 is 19.2 Å². The van der Waals surface area contributed by atoms with Crippen LogP contribution in [0.15, 0.2) is 48.5 Å². The molecule has 2 rings (SSSR count). The van der Waals surface area contributed by atoms with Gasteiger partial charge in [-0.05, 0) is 25.1 Å². The van der Waals surface area contributed by atoms with Crippen LogP contribution in [0.2, 0.25) is 0 Å². The van der Waals surface area contributed by atoms with E-state index in [1.54, 1.807) is 31.2 Å². The van der Waals surface area contributed by atoms with Crippen LogP contribution in [-0.2, 0) is 9.53 Å². The second kappa shape index (κ2) is 7.91. The molecule has 0 aromatic heterocycles. The smallest absolute Gasteiger partial charge is 0.340 e. The van der Waals surface area contributed by atoms with Gasteiger partial charge in [-0.2, -0.15) is 0 Å². The Morgan fingerprint density at radius 3 is 2.44 bits per heavy atom. The van der Waals surface area contributed by atoms with Crippen LogP contribution >= 0.6 is 0 Å². The lowest BCUT2D eigenvalue weighted by molar-refractivity contribution is -0.384. The van der Waals surface area contributed by atoms with Crippen LogP contribution in [0.4, 0.5) is 17.1 Å². The Balaban J connectivity index is 2.04. The van der Waals surface area contributed by atoms with Crippen LogP contribution in [0, 0.1) is 10.1 Å². The summed E-state index contributed by atoms with van der Waals surface area (Å²) in [4.78, 5) is 35.9. The lowest BCUT2D eigenvalue weighted by Crippen LogP contribution is -2.34. The highest BCUT2D eigenvalue weighted by molar-refractivity contribution is 5.99. The number of carbonyl (C=O) groups is 2. The van der Waals surface area contributed by atoms with Crippen molar-refractivity contribution in [1.82, 2.24) is 0 Å². The molecule has 0 aliphatic rings. The van der Waals surface area contributed by atoms with Gasteiger partial charge in [0, 0.05) is 24.4 Å². The Morgan fingerprint density at radius 1 is 1.20 bits per heavy atom. The minimum absolute atomic E-state index is 0.0267. The molecular weight excluding hydrogens is 326 g/mol. The van der Waals surface area contributed by atoms with E-state index in [-0.39, 0.29) is 22.8 Å². The summed E-state index contributed by atoms with van der Waals surface area (Å²) < 4.78 is 5.00. The summed E-state index contributed by atoms with van der Waals surface area (Å²) in [6, 6.07) is 12.4. The molecule has 0 unspecified atom stereocenters. The first-order valence-electron chi connectivity index (χ1n) is 7.50. The molecule has 0 atom stereocenters. The zero-order valence-corrected chi connectivity index (χ0v) is 13.5. The molecule has 2 aromatic rings. The highest BCUT2D eigenvalue weighted by Gasteiger charge is 2.19. The summed E-state index contributed by atoms with van der Waals surface area (Å²) in [5.41, 5.74) is 6.00. The van der Waals surface area contributed by atoms with E-state index in [9.17, 15) is 19.7 Å². The second-order valence-corrected chi connectivity index (χ2v) is 5.08. The Morgan fingerprint density at radius 2 is 1.88 bits per heavy atom. The minimum Gasteiger partial charge on any atom is -0.452 e. The molecule has 0 saturated heterocycles. The number of ether oxygens (including phenoxy) is 1. The molecule has 0 spiro atoms. The quantitative estimate of drug-likeness (QED) is 0.372. The molecule has 1 amide bonds. The summed E-state index contributed by atoms with van der Waals surface area (Å²) >= 11 is 0. The summed E-state index contributed by atoms with van der Waals surface area (Å²) in [5.74, 6) is -1.20. The maximum Gasteiger partial charge on any atom is 0.340 e. The second-order valence-electron chi connectivity index (χ2n) is 5.08. The molecule has 2 N–H and O–H groups in total. The maximum atomic E-state index is 12.3. The average molecular weight is 343 g/mol. The third kappa shape index (κ3) is 4.31. The van der Waals surface area contributed by atoms with Crippen molar-refractivity contribution in [1.29, 1.82) is 0 Å². The molecule has 8 heteroatoms. The molecular formula is C17H17N3O5. The number of nitro benzene ring substituents is 1. The molecule has 0 fully saturated rings. The number of carbonyl (C=O) groups excluding carboxylic acids is 2. The molecule has 2 aromatic carbocycles. The van der Waals surface area contributed by atoms with Crippen molar-refractivity contribution in [3.05, 3.63) is 64.2 Å². The Labute approximate surface area is 144 Å². The van der Waals surface area contributed by atoms with E-state index in [1.807, 2.05) is 6.07 Å². The van der Waals surface area contributed by atoms with E-state index in [4.69, 9.17) is 10.5 Å². The molecule has 130 valence electrons. The minimum atomic E-state index is -0.815. The van der Waals surface area contributed by atoms with Crippen molar-refractivity contribution >= 4 is 28.9 Å². The van der Waals surface area contributed by atoms with Crippen LogP contribution in [0.3, 0.4) is 0 Å². The number of anilines is 2. The number of esters is 1. The van der Waals surface area contributed by atoms with Gasteiger partial charge in [0.15, 0.2) is 6.61 Å². The zero-order valence-electron chi connectivity index (χ0n) is 13.5. The number of likely N-dealkylation sites (N-methyl/N-ethyl adjacent to an activating group) is 1. The number of nitrogens with zero attached hydrogens (tertiary/aromatic N) is 2. The van der Waals surface area contributed by atoms with E-state index >= 15 is 0 Å². The number of hydrogen-bond donors (Lipinski definition) is 1. The summed E-state index contributed by atoms with van der Waals surface area (Å²) in [6.07, 6.45) is 0. The van der Waals surface area contributed by atoms with Gasteiger partial charge in [0.2, 0.25) is 0 Å². The van der Waals surface area contributed by atoms with Crippen LogP contribution < -0.4 is 10.6 Å². The normalized spacial score (nSPS) is 10.1. The Hall–Kier alpha value is -3.42. The molecule has 0 heterocycles. The number of rotatable bonds is 6. The molecule has 0 bridgehead atoms. The number of nitrogen functional groups attached to an aromatic ring is 1. The fourth-order valence-corrected chi connectivity index (χ4v) is 2.24. The van der Waals surface area contributed by atoms with Crippen molar-refractivity contribution in [3.8, 4) is 0 Å². The molecule has 0 aliphatic heterocycles. The van der Waals surface area contributed by atoms with Crippen LogP contribution in [0.5, 0.6) is 0 Å². The third-order valence-electron chi connectivity index (χ3n) is 3.48. The SMILES string of the molecule is CCN(C(=O)COC(=O)c1ccc([N+](=O)[O-])cc1N)c1ccccc1. The van der Waals surface area contributed by atoms with Gasteiger partial charge in [0.1, 0.15) is 0 Å². The van der Waals surface area contributed by atoms with Crippen molar-refractivity contribution in [2.24, 2.45) is 0 Å². The van der Waals surface area contributed by atoms with Crippen molar-refractivity contribution in [2.75, 3.05) is 23.8 Å². The van der Waals surface area contributed by atoms with Crippen molar-refractivity contribution in [2.45, 2.75) is 6.92 Å². The molecule has 8 nitrogen and oxygen atoms in total. The van der Waals surface area contributed by atoms with E-state index in [0.29, 0.717) is 12.2 Å². The van der Waals surface area contributed by atoms with Crippen LogP contribution in [0.25, 0.3) is 0 Å². The largest absolute Gasteiger partial charge is 0.452 e. The highest BCUT2D eigenvalue weighted by atomic mass is 16.6. The van der Waals surface area contributed by atoms with E-state index in [2.05, 4.69) is 0 Å². The topological polar surface area (TPSA) is 116 Å². The Kier molecular flexibility index (Phi) is 5.67. The first-order valence-corrected chi connectivity index (χ1v) is 7.50. The summed E-state index contributed by atoms with van der Waals surface area (Å²) in [5, 5.41) is 10.7. The lowest BCUT2D eigenvalue weighted by Gasteiger charge is -2.20. The fourth-order valence-electron chi connectivity index (χ4n) is 2.24. The predicted octanol–water partition coefficient (Wildman–Crippen LogP) is 2.39. The number of para-hydroxylation sites is 1. The third-order valence-corrected chi connectivity index (χ3v) is 3.48. The maximum absolute atomic E-state index is 12.3. The van der Waals surface area contributed by atoms with Gasteiger partial charge in [-0.15, -0.1) is 0 Å². The lowest BCUT2D eigenvalue weighted by atomic mass is 10.1. The number of nitrogens with two attached hydrogens (primary N) is 1. The predicted molar refractivity (Wildman–Crippen MR) is 92.3 cm³/mol. The van der Waals surface area contributed by atoms with Crippen LogP contribution in [0.1, 0.15) is 17.3 Å². The van der Waals surface area contributed by atoms with Crippen LogP contribution in [-0.4, -0.2) is 30.0 Å². The molecule has 0 radical (unpaired) electrons. The number of benzene rings is 2. The van der Waals surface area contributed by atoms with Gasteiger partial charge in [-0.25, -0.2) is 4.79 Å². The molecule has 0 aliphatic carbocycles. The van der Waals surface area contributed by atoms with Gasteiger partial charge < -0.3 is 15.4 Å². The first-order chi connectivity index (χ1) is 11.9. The van der Waals surface area contributed by atoms with Gasteiger partial charge in [-0.3, -0.25) is 14.9 Å². The zero-order chi connectivity index (χ0) is 18.4. The number of amides is 1. The summed E-state index contributed by atoms with van der Waals surface area (Å²) in [6.45, 7) is 1.76. The number of non-ortho nitro benzene ring substituents is 1. The van der Waals surface area contributed by atoms with E-state index in [1.165, 1.54) is 11.0 Å². The number of hydrogen-bond acceptors (Lipinski definition) is 6. The van der Waals surface area contributed by atoms with Crippen molar-refractivity contribution in [3.63, 3.8) is 0 Å². The van der Waals surface area contributed by atoms with E-state index < -0.39 is 17.5 Å². The van der Waals surface area contributed by atoms with Gasteiger partial charge in [0.05, 0.1) is 16.2 Å². The summed E-state index contributed by atoms with van der Waals surface area (Å²) in [7, 11) is 0. The van der Waals surface area contributed by atoms with Gasteiger partial charge in [0.25, 0.3) is 11.6 Å². The standard InChI is InChI=1S/C17H17N3O5/c1-2-19(12-6-4-3-5-7-12)16(21)11-25-17(22)14-9-8-13(20(23)24)10-15(14)18/h3-10H,2,11,18H2,1H3. The van der Waals surface area contributed by atoms with Gasteiger partial charge in [-0.1, -0.05) is 18.2 Å². The average Bonchev–Trinajstić information content (AvgIpc) is 2.61. The van der Waals surface area contributed by atoms with E-state index in [0.717, 1.165) is 12.1 Å². The van der Waals surface area contributed by atoms with Gasteiger partial charge >= 0.3 is 5.97 Å². The fraction of sp³-hybridized carbons (Fsp3) is 0.176. The molecule has 25 heavy (non-hydrogen) atoms. The monoisotopic (exact) mass is 343 g/mol. The number of nitro groups is 1.